The number of carbonyl (C=O) groups excluding carboxylic acids is 3. The van der Waals surface area contributed by atoms with E-state index in [1.807, 2.05) is 6.92 Å². The van der Waals surface area contributed by atoms with Crippen molar-refractivity contribution in [1.82, 2.24) is 10.6 Å². The number of Topliss-reactive ketones (excluding diaryl/α,β-unsaturated/α-hetero) is 1. The molecular formula is C16H27N3O7. The maximum atomic E-state index is 12.1. The van der Waals surface area contributed by atoms with E-state index in [0.717, 1.165) is 0 Å². The second-order valence-electron chi connectivity index (χ2n) is 5.89. The summed E-state index contributed by atoms with van der Waals surface area (Å²) in [4.78, 5) is 55.9. The molecule has 2 amide bonds. The van der Waals surface area contributed by atoms with E-state index >= 15 is 0 Å². The standard InChI is InChI=1S/C16H27N3O7/c1-2-10(12(20)7-6-11(17)16(25)26)4-3-5-13(21)18-8-14(22)19-9-15(23)24/h10-11H,2-9,17H2,1H3,(H,18,21)(H,19,22)(H,23,24)(H,25,26)/t10?,11-/m0/s1. The highest BCUT2D eigenvalue weighted by Gasteiger charge is 2.19. The molecular weight excluding hydrogens is 346 g/mol. The number of carboxylic acid groups (broad SMARTS) is 2. The van der Waals surface area contributed by atoms with Crippen molar-refractivity contribution in [2.45, 2.75) is 51.5 Å². The third-order valence-corrected chi connectivity index (χ3v) is 3.81. The highest BCUT2D eigenvalue weighted by Crippen LogP contribution is 2.17. The molecule has 0 aliphatic carbocycles. The molecule has 0 saturated heterocycles. The fourth-order valence-electron chi connectivity index (χ4n) is 2.23. The number of amides is 2. The summed E-state index contributed by atoms with van der Waals surface area (Å²) in [6.45, 7) is 1.02. The van der Waals surface area contributed by atoms with Crippen LogP contribution in [-0.4, -0.2) is 58.9 Å². The highest BCUT2D eigenvalue weighted by atomic mass is 16.4. The van der Waals surface area contributed by atoms with Gasteiger partial charge in [-0.3, -0.25) is 24.0 Å². The van der Waals surface area contributed by atoms with Crippen molar-refractivity contribution >= 4 is 29.5 Å². The zero-order valence-electron chi connectivity index (χ0n) is 14.8. The molecule has 0 spiro atoms. The SMILES string of the molecule is CCC(CCCC(=O)NCC(=O)NCC(=O)O)C(=O)CC[C@H](N)C(=O)O. The summed E-state index contributed by atoms with van der Waals surface area (Å²) in [5, 5.41) is 21.6. The van der Waals surface area contributed by atoms with Crippen LogP contribution in [0.4, 0.5) is 0 Å². The van der Waals surface area contributed by atoms with Crippen LogP contribution in [0, 0.1) is 5.92 Å². The predicted octanol–water partition coefficient (Wildman–Crippen LogP) is -0.739. The van der Waals surface area contributed by atoms with Crippen molar-refractivity contribution in [2.24, 2.45) is 11.7 Å². The lowest BCUT2D eigenvalue weighted by Gasteiger charge is -2.14. The van der Waals surface area contributed by atoms with Gasteiger partial charge in [0.15, 0.2) is 0 Å². The molecule has 0 aliphatic rings. The van der Waals surface area contributed by atoms with Crippen molar-refractivity contribution < 1.29 is 34.2 Å². The lowest BCUT2D eigenvalue weighted by atomic mass is 9.91. The van der Waals surface area contributed by atoms with Gasteiger partial charge in [0.2, 0.25) is 11.8 Å². The lowest BCUT2D eigenvalue weighted by molar-refractivity contribution is -0.139. The van der Waals surface area contributed by atoms with Gasteiger partial charge >= 0.3 is 11.9 Å². The van der Waals surface area contributed by atoms with E-state index in [9.17, 15) is 24.0 Å². The first-order valence-electron chi connectivity index (χ1n) is 8.43. The molecule has 0 heterocycles. The third kappa shape index (κ3) is 11.1. The molecule has 0 aromatic carbocycles. The first kappa shape index (κ1) is 23.5. The van der Waals surface area contributed by atoms with Gasteiger partial charge in [0, 0.05) is 18.8 Å². The monoisotopic (exact) mass is 373 g/mol. The van der Waals surface area contributed by atoms with Crippen LogP contribution in [0.2, 0.25) is 0 Å². The zero-order valence-corrected chi connectivity index (χ0v) is 14.8. The van der Waals surface area contributed by atoms with Gasteiger partial charge in [-0.15, -0.1) is 0 Å². The molecule has 0 saturated carbocycles. The molecule has 10 nitrogen and oxygen atoms in total. The summed E-state index contributed by atoms with van der Waals surface area (Å²) in [6, 6.07) is -1.06. The van der Waals surface area contributed by atoms with Crippen molar-refractivity contribution in [3.05, 3.63) is 0 Å². The van der Waals surface area contributed by atoms with Gasteiger partial charge in [0.25, 0.3) is 0 Å². The average Bonchev–Trinajstić information content (AvgIpc) is 2.59. The molecule has 26 heavy (non-hydrogen) atoms. The largest absolute Gasteiger partial charge is 0.480 e. The smallest absolute Gasteiger partial charge is 0.322 e. The number of nitrogens with two attached hydrogens (primary N) is 1. The Hall–Kier alpha value is -2.49. The topological polar surface area (TPSA) is 176 Å². The van der Waals surface area contributed by atoms with Gasteiger partial charge in [-0.25, -0.2) is 0 Å². The normalized spacial score (nSPS) is 12.7. The molecule has 10 heteroatoms. The maximum absolute atomic E-state index is 12.1. The highest BCUT2D eigenvalue weighted by molar-refractivity contribution is 5.86. The number of hydrogen-bond acceptors (Lipinski definition) is 6. The zero-order chi connectivity index (χ0) is 20.1. The Balaban J connectivity index is 4.04. The minimum Gasteiger partial charge on any atom is -0.480 e. The Labute approximate surface area is 151 Å². The van der Waals surface area contributed by atoms with Crippen LogP contribution in [0.5, 0.6) is 0 Å². The number of aliphatic carboxylic acids is 2. The van der Waals surface area contributed by atoms with Crippen LogP contribution >= 0.6 is 0 Å². The molecule has 0 radical (unpaired) electrons. The fourth-order valence-corrected chi connectivity index (χ4v) is 2.23. The minimum atomic E-state index is -1.18. The van der Waals surface area contributed by atoms with E-state index in [4.69, 9.17) is 15.9 Å². The van der Waals surface area contributed by atoms with Gasteiger partial charge in [0.1, 0.15) is 18.4 Å². The molecule has 6 N–H and O–H groups in total. The van der Waals surface area contributed by atoms with Crippen molar-refractivity contribution in [2.75, 3.05) is 13.1 Å². The first-order chi connectivity index (χ1) is 12.2. The van der Waals surface area contributed by atoms with E-state index in [0.29, 0.717) is 19.3 Å². The van der Waals surface area contributed by atoms with Crippen LogP contribution in [0.25, 0.3) is 0 Å². The van der Waals surface area contributed by atoms with Crippen LogP contribution in [0.1, 0.15) is 45.4 Å². The van der Waals surface area contributed by atoms with Crippen LogP contribution in [0.3, 0.4) is 0 Å². The summed E-state index contributed by atoms with van der Waals surface area (Å²) >= 11 is 0. The second-order valence-corrected chi connectivity index (χ2v) is 5.89. The number of nitrogens with one attached hydrogen (secondary N) is 2. The van der Waals surface area contributed by atoms with E-state index in [-0.39, 0.29) is 43.4 Å². The molecule has 0 aliphatic heterocycles. The fraction of sp³-hybridized carbons (Fsp3) is 0.688. The number of hydrogen-bond donors (Lipinski definition) is 5. The number of carboxylic acids is 2. The number of ketones is 1. The minimum absolute atomic E-state index is 0.0716. The molecule has 0 bridgehead atoms. The van der Waals surface area contributed by atoms with E-state index in [1.54, 1.807) is 0 Å². The van der Waals surface area contributed by atoms with Gasteiger partial charge < -0.3 is 26.6 Å². The van der Waals surface area contributed by atoms with Crippen molar-refractivity contribution in [3.8, 4) is 0 Å². The van der Waals surface area contributed by atoms with Gasteiger partial charge in [-0.05, 0) is 25.7 Å². The molecule has 0 fully saturated rings. The Bertz CT molecular complexity index is 522. The van der Waals surface area contributed by atoms with Crippen molar-refractivity contribution in [1.29, 1.82) is 0 Å². The first-order valence-corrected chi connectivity index (χ1v) is 8.43. The molecule has 0 aromatic rings. The van der Waals surface area contributed by atoms with Gasteiger partial charge in [0.05, 0.1) is 6.54 Å². The van der Waals surface area contributed by atoms with Crippen LogP contribution < -0.4 is 16.4 Å². The lowest BCUT2D eigenvalue weighted by Crippen LogP contribution is -2.38. The predicted molar refractivity (Wildman–Crippen MR) is 91.1 cm³/mol. The molecule has 1 unspecified atom stereocenters. The summed E-state index contributed by atoms with van der Waals surface area (Å²) in [7, 11) is 0. The molecule has 0 rings (SSSR count). The summed E-state index contributed by atoms with van der Waals surface area (Å²) in [6.07, 6.45) is 1.80. The summed E-state index contributed by atoms with van der Waals surface area (Å²) in [5.41, 5.74) is 5.37. The van der Waals surface area contributed by atoms with Crippen LogP contribution in [0.15, 0.2) is 0 Å². The Morgan fingerprint density at radius 2 is 1.54 bits per heavy atom. The molecule has 148 valence electrons. The Kier molecular flexibility index (Phi) is 11.6. The average molecular weight is 373 g/mol. The van der Waals surface area contributed by atoms with Crippen LogP contribution in [-0.2, 0) is 24.0 Å². The van der Waals surface area contributed by atoms with E-state index < -0.39 is 30.4 Å². The van der Waals surface area contributed by atoms with E-state index in [1.165, 1.54) is 0 Å². The molecule has 2 atom stereocenters. The number of rotatable bonds is 14. The Morgan fingerprint density at radius 1 is 0.923 bits per heavy atom. The summed E-state index contributed by atoms with van der Waals surface area (Å²) in [5.74, 6) is -3.62. The quantitative estimate of drug-likeness (QED) is 0.264. The summed E-state index contributed by atoms with van der Waals surface area (Å²) < 4.78 is 0. The van der Waals surface area contributed by atoms with Gasteiger partial charge in [-0.1, -0.05) is 6.92 Å². The maximum Gasteiger partial charge on any atom is 0.322 e. The third-order valence-electron chi connectivity index (χ3n) is 3.81. The molecule has 0 aromatic heterocycles. The number of carbonyl (C=O) groups is 5. The second kappa shape index (κ2) is 12.8. The van der Waals surface area contributed by atoms with Crippen molar-refractivity contribution in [3.63, 3.8) is 0 Å². The Morgan fingerprint density at radius 3 is 2.08 bits per heavy atom. The van der Waals surface area contributed by atoms with Gasteiger partial charge in [-0.2, -0.15) is 0 Å². The van der Waals surface area contributed by atoms with E-state index in [2.05, 4.69) is 10.6 Å².